The molecule has 1 N–H and O–H groups in total. The monoisotopic (exact) mass is 346 g/mol. The minimum Gasteiger partial charge on any atom is -0.406 e. The molecule has 20 heavy (non-hydrogen) atoms. The fraction of sp³-hybridized carbons (Fsp3) is 0.143. The Kier molecular flexibility index (Phi) is 4.35. The van der Waals surface area contributed by atoms with E-state index >= 15 is 0 Å². The highest BCUT2D eigenvalue weighted by Crippen LogP contribution is 2.28. The van der Waals surface area contributed by atoms with Gasteiger partial charge in [-0.05, 0) is 35.4 Å². The van der Waals surface area contributed by atoms with Crippen molar-refractivity contribution in [2.24, 2.45) is 0 Å². The molecule has 1 unspecified atom stereocenters. The number of halogens is 4. The van der Waals surface area contributed by atoms with Crippen LogP contribution in [0.3, 0.4) is 0 Å². The lowest BCUT2D eigenvalue weighted by molar-refractivity contribution is -0.274. The molecule has 6 heteroatoms. The fourth-order valence-corrected chi connectivity index (χ4v) is 1.98. The highest BCUT2D eigenvalue weighted by Gasteiger charge is 2.31. The highest BCUT2D eigenvalue weighted by molar-refractivity contribution is 9.10. The molecule has 0 aliphatic carbocycles. The lowest BCUT2D eigenvalue weighted by Crippen LogP contribution is -2.17. The summed E-state index contributed by atoms with van der Waals surface area (Å²) in [4.78, 5) is 0. The zero-order valence-corrected chi connectivity index (χ0v) is 11.6. The predicted molar refractivity (Wildman–Crippen MR) is 71.3 cm³/mol. The Morgan fingerprint density at radius 2 is 1.65 bits per heavy atom. The summed E-state index contributed by atoms with van der Waals surface area (Å²) in [5.41, 5.74) is 0.909. The molecule has 0 aliphatic heterocycles. The highest BCUT2D eigenvalue weighted by atomic mass is 79.9. The van der Waals surface area contributed by atoms with Crippen molar-refractivity contribution in [1.82, 2.24) is 0 Å². The van der Waals surface area contributed by atoms with Crippen molar-refractivity contribution >= 4 is 15.9 Å². The van der Waals surface area contributed by atoms with E-state index in [4.69, 9.17) is 0 Å². The molecule has 0 radical (unpaired) electrons. The molecule has 2 rings (SSSR count). The Labute approximate surface area is 121 Å². The number of benzene rings is 2. The number of aliphatic hydroxyl groups is 1. The third-order valence-corrected chi connectivity index (χ3v) is 3.12. The van der Waals surface area contributed by atoms with Crippen LogP contribution in [0.2, 0.25) is 0 Å². The van der Waals surface area contributed by atoms with Crippen molar-refractivity contribution in [2.75, 3.05) is 0 Å². The van der Waals surface area contributed by atoms with Gasteiger partial charge in [-0.2, -0.15) is 0 Å². The molecular weight excluding hydrogens is 337 g/mol. The summed E-state index contributed by atoms with van der Waals surface area (Å²) in [7, 11) is 0. The van der Waals surface area contributed by atoms with Crippen molar-refractivity contribution in [3.8, 4) is 5.75 Å². The van der Waals surface area contributed by atoms with Gasteiger partial charge in [-0.1, -0.05) is 40.2 Å². The Balaban J connectivity index is 2.24. The molecule has 1 atom stereocenters. The second kappa shape index (κ2) is 5.85. The van der Waals surface area contributed by atoms with E-state index in [1.165, 1.54) is 24.3 Å². The molecule has 0 fully saturated rings. The molecule has 2 nitrogen and oxygen atoms in total. The van der Waals surface area contributed by atoms with Crippen LogP contribution in [0.1, 0.15) is 17.2 Å². The van der Waals surface area contributed by atoms with Gasteiger partial charge < -0.3 is 9.84 Å². The van der Waals surface area contributed by atoms with Gasteiger partial charge in [0, 0.05) is 4.47 Å². The lowest BCUT2D eigenvalue weighted by atomic mass is 10.0. The van der Waals surface area contributed by atoms with Gasteiger partial charge >= 0.3 is 6.36 Å². The van der Waals surface area contributed by atoms with Crippen LogP contribution in [0.25, 0.3) is 0 Å². The average molecular weight is 347 g/mol. The summed E-state index contributed by atoms with van der Waals surface area (Å²) in [5.74, 6) is -0.355. The maximum absolute atomic E-state index is 12.2. The van der Waals surface area contributed by atoms with Crippen LogP contribution >= 0.6 is 15.9 Å². The van der Waals surface area contributed by atoms with Crippen LogP contribution in [0.15, 0.2) is 53.0 Å². The zero-order valence-electron chi connectivity index (χ0n) is 10.1. The van der Waals surface area contributed by atoms with E-state index in [1.807, 2.05) is 0 Å². The van der Waals surface area contributed by atoms with Gasteiger partial charge in [-0.3, -0.25) is 0 Å². The molecular formula is C14H10BrF3O2. The second-order valence-corrected chi connectivity index (χ2v) is 4.99. The first-order valence-electron chi connectivity index (χ1n) is 5.64. The Morgan fingerprint density at radius 1 is 1.00 bits per heavy atom. The first-order chi connectivity index (χ1) is 9.35. The molecule has 2 aromatic rings. The summed E-state index contributed by atoms with van der Waals surface area (Å²) in [6.07, 6.45) is -5.76. The van der Waals surface area contributed by atoms with Crippen LogP contribution in [0, 0.1) is 0 Å². The van der Waals surface area contributed by atoms with E-state index in [-0.39, 0.29) is 5.75 Å². The number of hydrogen-bond donors (Lipinski definition) is 1. The summed E-state index contributed by atoms with van der Waals surface area (Å²) in [5, 5.41) is 10.2. The van der Waals surface area contributed by atoms with Gasteiger partial charge in [-0.15, -0.1) is 13.2 Å². The number of alkyl halides is 3. The number of hydrogen-bond acceptors (Lipinski definition) is 2. The molecule has 0 heterocycles. The summed E-state index contributed by atoms with van der Waals surface area (Å²) >= 11 is 3.27. The maximum atomic E-state index is 12.2. The normalized spacial score (nSPS) is 13.1. The van der Waals surface area contributed by atoms with Crippen molar-refractivity contribution < 1.29 is 23.0 Å². The van der Waals surface area contributed by atoms with E-state index in [0.717, 1.165) is 4.47 Å². The molecule has 2 aromatic carbocycles. The topological polar surface area (TPSA) is 29.5 Å². The van der Waals surface area contributed by atoms with E-state index in [2.05, 4.69) is 20.7 Å². The minimum absolute atomic E-state index is 0.328. The van der Waals surface area contributed by atoms with Gasteiger partial charge in [0.05, 0.1) is 0 Å². The smallest absolute Gasteiger partial charge is 0.406 e. The molecule has 0 aliphatic rings. The average Bonchev–Trinajstić information content (AvgIpc) is 2.37. The maximum Gasteiger partial charge on any atom is 0.573 e. The number of rotatable bonds is 3. The molecule has 0 saturated heterocycles. The molecule has 0 bridgehead atoms. The Bertz CT molecular complexity index is 582. The Hall–Kier alpha value is -1.53. The van der Waals surface area contributed by atoms with Gasteiger partial charge in [0.15, 0.2) is 0 Å². The second-order valence-electron chi connectivity index (χ2n) is 4.07. The minimum atomic E-state index is -4.75. The van der Waals surface area contributed by atoms with Gasteiger partial charge in [-0.25, -0.2) is 0 Å². The van der Waals surface area contributed by atoms with Crippen molar-refractivity contribution in [3.05, 3.63) is 64.1 Å². The van der Waals surface area contributed by atoms with Gasteiger partial charge in [0.2, 0.25) is 0 Å². The van der Waals surface area contributed by atoms with E-state index in [1.54, 1.807) is 24.3 Å². The number of ether oxygens (including phenoxy) is 1. The standard InChI is InChI=1S/C14H10BrF3O2/c15-11-6-4-9(5-7-11)13(19)10-2-1-3-12(8-10)20-14(16,17)18/h1-8,13,19H. The first-order valence-corrected chi connectivity index (χ1v) is 6.44. The largest absolute Gasteiger partial charge is 0.573 e. The van der Waals surface area contributed by atoms with E-state index < -0.39 is 12.5 Å². The third kappa shape index (κ3) is 3.98. The lowest BCUT2D eigenvalue weighted by Gasteiger charge is -2.14. The predicted octanol–water partition coefficient (Wildman–Crippen LogP) is 4.43. The van der Waals surface area contributed by atoms with Gasteiger partial charge in [0.25, 0.3) is 0 Å². The zero-order chi connectivity index (χ0) is 14.8. The summed E-state index contributed by atoms with van der Waals surface area (Å²) in [6.45, 7) is 0. The molecule has 0 saturated carbocycles. The number of aliphatic hydroxyl groups excluding tert-OH is 1. The van der Waals surface area contributed by atoms with Gasteiger partial charge in [0.1, 0.15) is 11.9 Å². The molecule has 106 valence electrons. The Morgan fingerprint density at radius 3 is 2.25 bits per heavy atom. The van der Waals surface area contributed by atoms with Crippen molar-refractivity contribution in [1.29, 1.82) is 0 Å². The summed E-state index contributed by atoms with van der Waals surface area (Å²) in [6, 6.07) is 12.2. The molecule has 0 spiro atoms. The fourth-order valence-electron chi connectivity index (χ4n) is 1.72. The van der Waals surface area contributed by atoms with Crippen LogP contribution in [0.4, 0.5) is 13.2 Å². The van der Waals surface area contributed by atoms with Crippen molar-refractivity contribution in [3.63, 3.8) is 0 Å². The first kappa shape index (κ1) is 14.9. The van der Waals surface area contributed by atoms with Crippen LogP contribution in [-0.4, -0.2) is 11.5 Å². The molecule has 0 amide bonds. The van der Waals surface area contributed by atoms with Crippen LogP contribution < -0.4 is 4.74 Å². The van der Waals surface area contributed by atoms with E-state index in [9.17, 15) is 18.3 Å². The summed E-state index contributed by atoms with van der Waals surface area (Å²) < 4.78 is 41.1. The van der Waals surface area contributed by atoms with Crippen molar-refractivity contribution in [2.45, 2.75) is 12.5 Å². The van der Waals surface area contributed by atoms with Crippen LogP contribution in [-0.2, 0) is 0 Å². The van der Waals surface area contributed by atoms with Crippen LogP contribution in [0.5, 0.6) is 5.75 Å². The SMILES string of the molecule is OC(c1ccc(Br)cc1)c1cccc(OC(F)(F)F)c1. The third-order valence-electron chi connectivity index (χ3n) is 2.59. The quantitative estimate of drug-likeness (QED) is 0.890. The molecule has 0 aromatic heterocycles. The van der Waals surface area contributed by atoms with E-state index in [0.29, 0.717) is 11.1 Å².